The van der Waals surface area contributed by atoms with Gasteiger partial charge in [-0.05, 0) is 42.9 Å². The van der Waals surface area contributed by atoms with E-state index in [1.165, 1.54) is 0 Å². The normalized spacial score (nSPS) is 11.8. The van der Waals surface area contributed by atoms with Crippen LogP contribution in [0.25, 0.3) is 0 Å². The fourth-order valence-electron chi connectivity index (χ4n) is 1.95. The fourth-order valence-corrected chi connectivity index (χ4v) is 2.34. The van der Waals surface area contributed by atoms with Crippen LogP contribution in [-0.2, 0) is 6.42 Å². The van der Waals surface area contributed by atoms with Crippen molar-refractivity contribution in [3.63, 3.8) is 0 Å². The van der Waals surface area contributed by atoms with Gasteiger partial charge in [-0.2, -0.15) is 0 Å². The first-order valence-corrected chi connectivity index (χ1v) is 6.47. The molecule has 0 heterocycles. The Morgan fingerprint density at radius 3 is 2.31 bits per heavy atom. The van der Waals surface area contributed by atoms with Crippen LogP contribution in [0.4, 0.5) is 0 Å². The molecule has 0 aliphatic carbocycles. The lowest BCUT2D eigenvalue weighted by atomic mass is 9.77. The summed E-state index contributed by atoms with van der Waals surface area (Å²) in [7, 11) is 0. The van der Waals surface area contributed by atoms with Crippen molar-refractivity contribution < 1.29 is 0 Å². The van der Waals surface area contributed by atoms with Crippen molar-refractivity contribution in [3.8, 4) is 0 Å². The van der Waals surface area contributed by atoms with Gasteiger partial charge in [0.1, 0.15) is 0 Å². The topological polar surface area (TPSA) is 26.0 Å². The van der Waals surface area contributed by atoms with E-state index in [9.17, 15) is 0 Å². The lowest BCUT2D eigenvalue weighted by Gasteiger charge is -2.30. The zero-order valence-corrected chi connectivity index (χ0v) is 11.4. The summed E-state index contributed by atoms with van der Waals surface area (Å²) >= 11 is 12.2. The molecule has 0 saturated carbocycles. The van der Waals surface area contributed by atoms with E-state index in [2.05, 4.69) is 13.8 Å². The molecule has 16 heavy (non-hydrogen) atoms. The van der Waals surface area contributed by atoms with Crippen LogP contribution >= 0.6 is 23.2 Å². The highest BCUT2D eigenvalue weighted by Crippen LogP contribution is 2.34. The van der Waals surface area contributed by atoms with Crippen molar-refractivity contribution in [3.05, 3.63) is 33.8 Å². The highest BCUT2D eigenvalue weighted by atomic mass is 35.5. The molecule has 1 nitrogen and oxygen atoms in total. The van der Waals surface area contributed by atoms with Crippen molar-refractivity contribution in [2.45, 2.75) is 33.1 Å². The number of benzene rings is 1. The second-order valence-corrected chi connectivity index (χ2v) is 5.09. The molecule has 0 aliphatic heterocycles. The smallest absolute Gasteiger partial charge is 0.0624 e. The van der Waals surface area contributed by atoms with Crippen LogP contribution in [0.3, 0.4) is 0 Å². The Labute approximate surface area is 108 Å². The Balaban J connectivity index is 2.98. The fraction of sp³-hybridized carbons (Fsp3) is 0.538. The van der Waals surface area contributed by atoms with Gasteiger partial charge >= 0.3 is 0 Å². The molecule has 0 radical (unpaired) electrons. The molecule has 0 aliphatic rings. The van der Waals surface area contributed by atoms with Crippen molar-refractivity contribution in [2.75, 3.05) is 6.54 Å². The third kappa shape index (κ3) is 2.91. The zero-order valence-electron chi connectivity index (χ0n) is 9.89. The standard InChI is InChI=1S/C13H19Cl2N/c1-3-13(4-2,9-16)8-10-6-5-7-11(14)12(10)15/h5-7H,3-4,8-9,16H2,1-2H3. The van der Waals surface area contributed by atoms with E-state index in [1.54, 1.807) is 0 Å². The Morgan fingerprint density at radius 2 is 1.81 bits per heavy atom. The summed E-state index contributed by atoms with van der Waals surface area (Å²) in [5.74, 6) is 0. The summed E-state index contributed by atoms with van der Waals surface area (Å²) < 4.78 is 0. The Bertz CT molecular complexity index is 338. The second kappa shape index (κ2) is 5.90. The number of hydrogen-bond donors (Lipinski definition) is 1. The number of halogens is 2. The van der Waals surface area contributed by atoms with Gasteiger partial charge in [-0.3, -0.25) is 0 Å². The summed E-state index contributed by atoms with van der Waals surface area (Å²) in [5.41, 5.74) is 7.14. The maximum absolute atomic E-state index is 6.20. The predicted molar refractivity (Wildman–Crippen MR) is 72.2 cm³/mol. The molecule has 0 aromatic heterocycles. The third-order valence-electron chi connectivity index (χ3n) is 3.53. The van der Waals surface area contributed by atoms with Crippen LogP contribution in [-0.4, -0.2) is 6.54 Å². The van der Waals surface area contributed by atoms with Gasteiger partial charge in [-0.15, -0.1) is 0 Å². The van der Waals surface area contributed by atoms with Crippen LogP contribution in [0.1, 0.15) is 32.3 Å². The largest absolute Gasteiger partial charge is 0.330 e. The Kier molecular flexibility index (Phi) is 5.10. The lowest BCUT2D eigenvalue weighted by molar-refractivity contribution is 0.271. The molecule has 0 atom stereocenters. The van der Waals surface area contributed by atoms with Gasteiger partial charge in [-0.1, -0.05) is 49.2 Å². The molecule has 0 spiro atoms. The second-order valence-electron chi connectivity index (χ2n) is 4.30. The average Bonchev–Trinajstić information content (AvgIpc) is 2.32. The molecular formula is C13H19Cl2N. The molecule has 1 aromatic carbocycles. The molecule has 3 heteroatoms. The quantitative estimate of drug-likeness (QED) is 0.839. The van der Waals surface area contributed by atoms with Gasteiger partial charge in [0.05, 0.1) is 10.0 Å². The summed E-state index contributed by atoms with van der Waals surface area (Å²) in [4.78, 5) is 0. The highest BCUT2D eigenvalue weighted by molar-refractivity contribution is 6.42. The Hall–Kier alpha value is -0.240. The van der Waals surface area contributed by atoms with Gasteiger partial charge in [0.2, 0.25) is 0 Å². The molecule has 0 unspecified atom stereocenters. The molecular weight excluding hydrogens is 241 g/mol. The van der Waals surface area contributed by atoms with E-state index >= 15 is 0 Å². The minimum absolute atomic E-state index is 0.147. The first-order valence-electron chi connectivity index (χ1n) is 5.71. The van der Waals surface area contributed by atoms with E-state index in [-0.39, 0.29) is 5.41 Å². The Morgan fingerprint density at radius 1 is 1.19 bits per heavy atom. The zero-order chi connectivity index (χ0) is 12.2. The van der Waals surface area contributed by atoms with Crippen molar-refractivity contribution in [1.82, 2.24) is 0 Å². The first kappa shape index (κ1) is 13.8. The van der Waals surface area contributed by atoms with E-state index in [0.29, 0.717) is 16.6 Å². The molecule has 0 amide bonds. The van der Waals surface area contributed by atoms with Crippen LogP contribution in [0.5, 0.6) is 0 Å². The monoisotopic (exact) mass is 259 g/mol. The summed E-state index contributed by atoms with van der Waals surface area (Å²) in [6.07, 6.45) is 3.02. The van der Waals surface area contributed by atoms with Gasteiger partial charge in [0, 0.05) is 0 Å². The van der Waals surface area contributed by atoms with Crippen molar-refractivity contribution in [2.24, 2.45) is 11.1 Å². The number of rotatable bonds is 5. The molecule has 1 rings (SSSR count). The van der Waals surface area contributed by atoms with E-state index < -0.39 is 0 Å². The average molecular weight is 260 g/mol. The molecule has 0 fully saturated rings. The van der Waals surface area contributed by atoms with Crippen molar-refractivity contribution in [1.29, 1.82) is 0 Å². The van der Waals surface area contributed by atoms with Gasteiger partial charge in [0.15, 0.2) is 0 Å². The van der Waals surface area contributed by atoms with E-state index in [4.69, 9.17) is 28.9 Å². The first-order chi connectivity index (χ1) is 7.58. The van der Waals surface area contributed by atoms with E-state index in [0.717, 1.165) is 24.8 Å². The maximum atomic E-state index is 6.20. The minimum atomic E-state index is 0.147. The van der Waals surface area contributed by atoms with Gasteiger partial charge in [0.25, 0.3) is 0 Å². The predicted octanol–water partition coefficient (Wildman–Crippen LogP) is 4.30. The van der Waals surface area contributed by atoms with Crippen molar-refractivity contribution >= 4 is 23.2 Å². The molecule has 1 aromatic rings. The maximum Gasteiger partial charge on any atom is 0.0624 e. The lowest BCUT2D eigenvalue weighted by Crippen LogP contribution is -2.31. The summed E-state index contributed by atoms with van der Waals surface area (Å²) in [6, 6.07) is 5.79. The SMILES string of the molecule is CCC(CC)(CN)Cc1cccc(Cl)c1Cl. The third-order valence-corrected chi connectivity index (χ3v) is 4.39. The van der Waals surface area contributed by atoms with Crippen LogP contribution in [0, 0.1) is 5.41 Å². The van der Waals surface area contributed by atoms with Gasteiger partial charge in [-0.25, -0.2) is 0 Å². The summed E-state index contributed by atoms with van der Waals surface area (Å²) in [6.45, 7) is 5.03. The molecule has 2 N–H and O–H groups in total. The molecule has 0 saturated heterocycles. The van der Waals surface area contributed by atoms with Crippen LogP contribution in [0.2, 0.25) is 10.0 Å². The van der Waals surface area contributed by atoms with E-state index in [1.807, 2.05) is 18.2 Å². The summed E-state index contributed by atoms with van der Waals surface area (Å²) in [5, 5.41) is 1.29. The van der Waals surface area contributed by atoms with Crippen LogP contribution < -0.4 is 5.73 Å². The highest BCUT2D eigenvalue weighted by Gasteiger charge is 2.25. The number of hydrogen-bond acceptors (Lipinski definition) is 1. The molecule has 0 bridgehead atoms. The molecule has 90 valence electrons. The minimum Gasteiger partial charge on any atom is -0.330 e. The van der Waals surface area contributed by atoms with Crippen LogP contribution in [0.15, 0.2) is 18.2 Å². The van der Waals surface area contributed by atoms with Gasteiger partial charge < -0.3 is 5.73 Å². The number of nitrogens with two attached hydrogens (primary N) is 1.